The van der Waals surface area contributed by atoms with Crippen molar-refractivity contribution < 1.29 is 9.59 Å². The molecule has 1 N–H and O–H groups in total. The van der Waals surface area contributed by atoms with Gasteiger partial charge in [0.15, 0.2) is 0 Å². The molecule has 4 nitrogen and oxygen atoms in total. The molecule has 0 saturated carbocycles. The van der Waals surface area contributed by atoms with Gasteiger partial charge in [0.2, 0.25) is 11.8 Å². The molecule has 1 aliphatic rings. The van der Waals surface area contributed by atoms with Crippen molar-refractivity contribution in [1.82, 2.24) is 10.2 Å². The van der Waals surface area contributed by atoms with Crippen LogP contribution in [-0.4, -0.2) is 35.8 Å². The summed E-state index contributed by atoms with van der Waals surface area (Å²) in [6.45, 7) is 11.8. The first kappa shape index (κ1) is 17.0. The highest BCUT2D eigenvalue weighted by Gasteiger charge is 2.27. The van der Waals surface area contributed by atoms with E-state index in [0.29, 0.717) is 12.3 Å². The first-order chi connectivity index (χ1) is 9.24. The molecule has 0 aromatic carbocycles. The van der Waals surface area contributed by atoms with Crippen molar-refractivity contribution in [2.24, 2.45) is 11.3 Å². The molecule has 1 saturated heterocycles. The Morgan fingerprint density at radius 2 is 1.80 bits per heavy atom. The number of amides is 2. The van der Waals surface area contributed by atoms with Gasteiger partial charge in [-0.2, -0.15) is 0 Å². The Kier molecular flexibility index (Phi) is 6.03. The molecule has 0 radical (unpaired) electrons. The number of likely N-dealkylation sites (tertiary alicyclic amines) is 1. The summed E-state index contributed by atoms with van der Waals surface area (Å²) in [6, 6.07) is 0.229. The van der Waals surface area contributed by atoms with Crippen LogP contribution in [0.25, 0.3) is 0 Å². The van der Waals surface area contributed by atoms with Crippen LogP contribution in [-0.2, 0) is 9.59 Å². The predicted molar refractivity (Wildman–Crippen MR) is 81.3 cm³/mol. The fraction of sp³-hybridized carbons (Fsp3) is 0.875. The van der Waals surface area contributed by atoms with Crippen LogP contribution in [0.2, 0.25) is 0 Å². The summed E-state index contributed by atoms with van der Waals surface area (Å²) in [5.74, 6) is 0.725. The molecule has 0 bridgehead atoms. The second-order valence-electron chi connectivity index (χ2n) is 7.05. The molecule has 20 heavy (non-hydrogen) atoms. The molecule has 1 rings (SSSR count). The molecule has 1 heterocycles. The van der Waals surface area contributed by atoms with Crippen LogP contribution in [0.4, 0.5) is 0 Å². The smallest absolute Gasteiger partial charge is 0.220 e. The van der Waals surface area contributed by atoms with Crippen LogP contribution < -0.4 is 5.32 Å². The maximum absolute atomic E-state index is 12.2. The highest BCUT2D eigenvalue weighted by Crippen LogP contribution is 2.23. The largest absolute Gasteiger partial charge is 0.353 e. The average molecular weight is 282 g/mol. The number of piperidine rings is 1. The fourth-order valence-electron chi connectivity index (χ4n) is 2.90. The van der Waals surface area contributed by atoms with Crippen molar-refractivity contribution in [1.29, 1.82) is 0 Å². The molecule has 0 aromatic rings. The summed E-state index contributed by atoms with van der Waals surface area (Å²) in [7, 11) is 0. The van der Waals surface area contributed by atoms with Gasteiger partial charge in [0.1, 0.15) is 0 Å². The summed E-state index contributed by atoms with van der Waals surface area (Å²) >= 11 is 0. The molecule has 116 valence electrons. The lowest BCUT2D eigenvalue weighted by Crippen LogP contribution is -2.44. The van der Waals surface area contributed by atoms with E-state index < -0.39 is 0 Å². The van der Waals surface area contributed by atoms with Crippen molar-refractivity contribution in [3.63, 3.8) is 0 Å². The molecule has 1 fully saturated rings. The Labute approximate surface area is 123 Å². The summed E-state index contributed by atoms with van der Waals surface area (Å²) in [4.78, 5) is 25.3. The molecule has 0 aliphatic carbocycles. The predicted octanol–water partition coefficient (Wildman–Crippen LogP) is 2.58. The molecule has 0 aromatic heterocycles. The standard InChI is InChI=1S/C16H30N2O2/c1-6-14(16(3,4)5)17-15(20)11-13-7-9-18(10-8-13)12(2)19/h13-14H,6-11H2,1-5H3,(H,17,20). The third kappa shape index (κ3) is 5.14. The monoisotopic (exact) mass is 282 g/mol. The van der Waals surface area contributed by atoms with Gasteiger partial charge in [-0.3, -0.25) is 9.59 Å². The number of nitrogens with one attached hydrogen (secondary N) is 1. The molecule has 1 aliphatic heterocycles. The van der Waals surface area contributed by atoms with E-state index in [1.807, 2.05) is 4.90 Å². The van der Waals surface area contributed by atoms with E-state index in [1.165, 1.54) is 0 Å². The van der Waals surface area contributed by atoms with Gasteiger partial charge in [0.05, 0.1) is 0 Å². The van der Waals surface area contributed by atoms with E-state index in [0.717, 1.165) is 32.4 Å². The highest BCUT2D eigenvalue weighted by atomic mass is 16.2. The fourth-order valence-corrected chi connectivity index (χ4v) is 2.90. The molecular formula is C16H30N2O2. The summed E-state index contributed by atoms with van der Waals surface area (Å²) in [5.41, 5.74) is 0.0996. The third-order valence-corrected chi connectivity index (χ3v) is 4.32. The molecule has 1 atom stereocenters. The topological polar surface area (TPSA) is 49.4 Å². The Balaban J connectivity index is 2.38. The van der Waals surface area contributed by atoms with Gasteiger partial charge in [-0.15, -0.1) is 0 Å². The summed E-state index contributed by atoms with van der Waals surface area (Å²) in [6.07, 6.45) is 3.44. The number of hydrogen-bond acceptors (Lipinski definition) is 2. The molecule has 4 heteroatoms. The van der Waals surface area contributed by atoms with Crippen LogP contribution in [0.1, 0.15) is 60.3 Å². The van der Waals surface area contributed by atoms with Crippen molar-refractivity contribution >= 4 is 11.8 Å². The van der Waals surface area contributed by atoms with E-state index in [2.05, 4.69) is 33.0 Å². The summed E-state index contributed by atoms with van der Waals surface area (Å²) < 4.78 is 0. The second-order valence-corrected chi connectivity index (χ2v) is 7.05. The van der Waals surface area contributed by atoms with Gasteiger partial charge < -0.3 is 10.2 Å². The molecular weight excluding hydrogens is 252 g/mol. The quantitative estimate of drug-likeness (QED) is 0.861. The van der Waals surface area contributed by atoms with Gasteiger partial charge in [-0.25, -0.2) is 0 Å². The minimum atomic E-state index is 0.0996. The van der Waals surface area contributed by atoms with Crippen LogP contribution in [0.15, 0.2) is 0 Å². The van der Waals surface area contributed by atoms with E-state index in [1.54, 1.807) is 6.92 Å². The second kappa shape index (κ2) is 7.09. The number of carbonyl (C=O) groups excluding carboxylic acids is 2. The number of carbonyl (C=O) groups is 2. The van der Waals surface area contributed by atoms with E-state index >= 15 is 0 Å². The third-order valence-electron chi connectivity index (χ3n) is 4.32. The van der Waals surface area contributed by atoms with Gasteiger partial charge in [-0.1, -0.05) is 27.7 Å². The van der Waals surface area contributed by atoms with Crippen molar-refractivity contribution in [2.75, 3.05) is 13.1 Å². The maximum Gasteiger partial charge on any atom is 0.220 e. The maximum atomic E-state index is 12.2. The van der Waals surface area contributed by atoms with Gasteiger partial charge >= 0.3 is 0 Å². The molecule has 0 spiro atoms. The molecule has 1 unspecified atom stereocenters. The highest BCUT2D eigenvalue weighted by molar-refractivity contribution is 5.76. The zero-order valence-electron chi connectivity index (χ0n) is 13.7. The minimum Gasteiger partial charge on any atom is -0.353 e. The average Bonchev–Trinajstić information content (AvgIpc) is 2.35. The number of rotatable bonds is 4. The van der Waals surface area contributed by atoms with E-state index in [4.69, 9.17) is 0 Å². The van der Waals surface area contributed by atoms with Crippen LogP contribution in [0.5, 0.6) is 0 Å². The Bertz CT molecular complexity index is 339. The van der Waals surface area contributed by atoms with Gasteiger partial charge in [0, 0.05) is 32.5 Å². The molecule has 2 amide bonds. The lowest BCUT2D eigenvalue weighted by atomic mass is 9.84. The first-order valence-corrected chi connectivity index (χ1v) is 7.79. The van der Waals surface area contributed by atoms with Crippen LogP contribution in [0.3, 0.4) is 0 Å². The number of nitrogens with zero attached hydrogens (tertiary/aromatic N) is 1. The zero-order chi connectivity index (χ0) is 15.3. The van der Waals surface area contributed by atoms with E-state index in [9.17, 15) is 9.59 Å². The van der Waals surface area contributed by atoms with Gasteiger partial charge in [-0.05, 0) is 30.6 Å². The Morgan fingerprint density at radius 1 is 1.25 bits per heavy atom. The lowest BCUT2D eigenvalue weighted by Gasteiger charge is -2.33. The van der Waals surface area contributed by atoms with Crippen molar-refractivity contribution in [3.8, 4) is 0 Å². The van der Waals surface area contributed by atoms with Crippen LogP contribution in [0, 0.1) is 11.3 Å². The van der Waals surface area contributed by atoms with Gasteiger partial charge in [0.25, 0.3) is 0 Å². The Morgan fingerprint density at radius 3 is 2.20 bits per heavy atom. The Hall–Kier alpha value is -1.06. The SMILES string of the molecule is CCC(NC(=O)CC1CCN(C(C)=O)CC1)C(C)(C)C. The lowest BCUT2D eigenvalue weighted by molar-refractivity contribution is -0.130. The normalized spacial score (nSPS) is 18.8. The first-order valence-electron chi connectivity index (χ1n) is 7.79. The summed E-state index contributed by atoms with van der Waals surface area (Å²) in [5, 5.41) is 3.17. The zero-order valence-corrected chi connectivity index (χ0v) is 13.7. The van der Waals surface area contributed by atoms with E-state index in [-0.39, 0.29) is 23.3 Å². The minimum absolute atomic E-state index is 0.0996. The van der Waals surface area contributed by atoms with Crippen LogP contribution >= 0.6 is 0 Å². The van der Waals surface area contributed by atoms with Crippen molar-refractivity contribution in [3.05, 3.63) is 0 Å². The number of hydrogen-bond donors (Lipinski definition) is 1. The van der Waals surface area contributed by atoms with Crippen molar-refractivity contribution in [2.45, 2.75) is 66.3 Å².